The Labute approximate surface area is 112 Å². The standard InChI is InChI=1S/C13H19N3O3/c1-8-10(6-14-9(2)15-8)12(18)16-5-4-13(3,19)11(17)7-16/h6,11,17,19H,4-5,7H2,1-3H3. The summed E-state index contributed by atoms with van der Waals surface area (Å²) in [6, 6.07) is 0. The van der Waals surface area contributed by atoms with Crippen LogP contribution in [0.4, 0.5) is 0 Å². The average molecular weight is 265 g/mol. The SMILES string of the molecule is Cc1ncc(C(=O)N2CCC(C)(O)C(O)C2)c(C)n1. The molecule has 19 heavy (non-hydrogen) atoms. The highest BCUT2D eigenvalue weighted by molar-refractivity contribution is 5.95. The maximum Gasteiger partial charge on any atom is 0.257 e. The first-order chi connectivity index (χ1) is 8.81. The third kappa shape index (κ3) is 2.74. The summed E-state index contributed by atoms with van der Waals surface area (Å²) in [6.45, 7) is 5.65. The van der Waals surface area contributed by atoms with Crippen LogP contribution in [-0.2, 0) is 0 Å². The van der Waals surface area contributed by atoms with E-state index in [2.05, 4.69) is 9.97 Å². The number of likely N-dealkylation sites (tertiary alicyclic amines) is 1. The zero-order chi connectivity index (χ0) is 14.2. The number of carbonyl (C=O) groups is 1. The molecule has 0 aromatic carbocycles. The van der Waals surface area contributed by atoms with Crippen molar-refractivity contribution in [2.75, 3.05) is 13.1 Å². The van der Waals surface area contributed by atoms with Gasteiger partial charge in [0.25, 0.3) is 5.91 Å². The van der Waals surface area contributed by atoms with Crippen molar-refractivity contribution >= 4 is 5.91 Å². The Balaban J connectivity index is 2.17. The van der Waals surface area contributed by atoms with E-state index in [1.54, 1.807) is 20.8 Å². The van der Waals surface area contributed by atoms with Crippen LogP contribution in [0.5, 0.6) is 0 Å². The quantitative estimate of drug-likeness (QED) is 0.749. The van der Waals surface area contributed by atoms with Crippen LogP contribution in [0.3, 0.4) is 0 Å². The molecule has 6 nitrogen and oxygen atoms in total. The molecule has 1 fully saturated rings. The average Bonchev–Trinajstić information content (AvgIpc) is 2.32. The van der Waals surface area contributed by atoms with E-state index in [-0.39, 0.29) is 12.5 Å². The summed E-state index contributed by atoms with van der Waals surface area (Å²) >= 11 is 0. The summed E-state index contributed by atoms with van der Waals surface area (Å²) in [7, 11) is 0. The van der Waals surface area contributed by atoms with E-state index in [4.69, 9.17) is 0 Å². The molecule has 1 aromatic heterocycles. The molecule has 1 aliphatic heterocycles. The van der Waals surface area contributed by atoms with Gasteiger partial charge in [0.2, 0.25) is 0 Å². The number of hydrogen-bond donors (Lipinski definition) is 2. The van der Waals surface area contributed by atoms with E-state index in [1.165, 1.54) is 11.1 Å². The highest BCUT2D eigenvalue weighted by atomic mass is 16.3. The summed E-state index contributed by atoms with van der Waals surface area (Å²) in [5.41, 5.74) is -0.0565. The van der Waals surface area contributed by atoms with Crippen molar-refractivity contribution in [2.24, 2.45) is 0 Å². The van der Waals surface area contributed by atoms with E-state index in [1.807, 2.05) is 0 Å². The molecule has 2 rings (SSSR count). The molecule has 104 valence electrons. The van der Waals surface area contributed by atoms with Gasteiger partial charge in [-0.1, -0.05) is 0 Å². The maximum atomic E-state index is 12.3. The van der Waals surface area contributed by atoms with Crippen molar-refractivity contribution in [3.8, 4) is 0 Å². The number of rotatable bonds is 1. The summed E-state index contributed by atoms with van der Waals surface area (Å²) in [6.07, 6.45) is 0.932. The third-order valence-corrected chi connectivity index (χ3v) is 3.62. The minimum absolute atomic E-state index is 0.124. The lowest BCUT2D eigenvalue weighted by atomic mass is 9.90. The van der Waals surface area contributed by atoms with Gasteiger partial charge in [-0.15, -0.1) is 0 Å². The molecule has 0 bridgehead atoms. The first-order valence-electron chi connectivity index (χ1n) is 6.31. The maximum absolute atomic E-state index is 12.3. The molecule has 2 heterocycles. The van der Waals surface area contributed by atoms with E-state index in [9.17, 15) is 15.0 Å². The predicted molar refractivity (Wildman–Crippen MR) is 68.7 cm³/mol. The number of β-amino-alcohol motifs (C(OH)–C–C–N with tert-alkyl or cyclic N) is 1. The van der Waals surface area contributed by atoms with Gasteiger partial charge in [-0.3, -0.25) is 4.79 Å². The van der Waals surface area contributed by atoms with Gasteiger partial charge in [-0.05, 0) is 27.2 Å². The molecule has 2 atom stereocenters. The Morgan fingerprint density at radius 1 is 1.53 bits per heavy atom. The fourth-order valence-corrected chi connectivity index (χ4v) is 2.17. The van der Waals surface area contributed by atoms with Crippen LogP contribution < -0.4 is 0 Å². The van der Waals surface area contributed by atoms with Crippen molar-refractivity contribution in [3.05, 3.63) is 23.3 Å². The summed E-state index contributed by atoms with van der Waals surface area (Å²) in [4.78, 5) is 22.1. The van der Waals surface area contributed by atoms with Crippen LogP contribution in [0.1, 0.15) is 35.2 Å². The number of aliphatic hydroxyl groups is 2. The van der Waals surface area contributed by atoms with Crippen LogP contribution in [0, 0.1) is 13.8 Å². The lowest BCUT2D eigenvalue weighted by molar-refractivity contribution is -0.0999. The molecular weight excluding hydrogens is 246 g/mol. The Bertz CT molecular complexity index is 502. The monoisotopic (exact) mass is 265 g/mol. The van der Waals surface area contributed by atoms with E-state index in [0.717, 1.165) is 0 Å². The fraction of sp³-hybridized carbons (Fsp3) is 0.615. The molecular formula is C13H19N3O3. The lowest BCUT2D eigenvalue weighted by Gasteiger charge is -2.39. The van der Waals surface area contributed by atoms with Gasteiger partial charge in [0.05, 0.1) is 23.0 Å². The Hall–Kier alpha value is -1.53. The summed E-state index contributed by atoms with van der Waals surface area (Å²) in [5.74, 6) is 0.419. The molecule has 0 aliphatic carbocycles. The Kier molecular flexibility index (Phi) is 3.56. The molecule has 1 amide bonds. The molecule has 1 aromatic rings. The Morgan fingerprint density at radius 3 is 2.79 bits per heavy atom. The number of aliphatic hydroxyl groups excluding tert-OH is 1. The van der Waals surface area contributed by atoms with Crippen LogP contribution in [0.25, 0.3) is 0 Å². The van der Waals surface area contributed by atoms with Crippen molar-refractivity contribution in [3.63, 3.8) is 0 Å². The topological polar surface area (TPSA) is 86.6 Å². The van der Waals surface area contributed by atoms with Gasteiger partial charge in [0, 0.05) is 19.3 Å². The third-order valence-electron chi connectivity index (χ3n) is 3.62. The number of aromatic nitrogens is 2. The van der Waals surface area contributed by atoms with Crippen molar-refractivity contribution in [2.45, 2.75) is 38.9 Å². The van der Waals surface area contributed by atoms with E-state index < -0.39 is 11.7 Å². The van der Waals surface area contributed by atoms with Crippen molar-refractivity contribution in [1.82, 2.24) is 14.9 Å². The van der Waals surface area contributed by atoms with E-state index in [0.29, 0.717) is 30.0 Å². The van der Waals surface area contributed by atoms with Crippen molar-refractivity contribution < 1.29 is 15.0 Å². The first kappa shape index (κ1) is 13.9. The number of piperidine rings is 1. The van der Waals surface area contributed by atoms with Crippen LogP contribution in [0.15, 0.2) is 6.20 Å². The first-order valence-corrected chi connectivity index (χ1v) is 6.31. The van der Waals surface area contributed by atoms with Crippen LogP contribution in [-0.4, -0.2) is 55.8 Å². The van der Waals surface area contributed by atoms with Gasteiger partial charge in [0.15, 0.2) is 0 Å². The predicted octanol–water partition coefficient (Wildman–Crippen LogP) is 0.0512. The van der Waals surface area contributed by atoms with Crippen LogP contribution in [0.2, 0.25) is 0 Å². The molecule has 1 saturated heterocycles. The zero-order valence-electron chi connectivity index (χ0n) is 11.4. The minimum Gasteiger partial charge on any atom is -0.388 e. The number of nitrogens with zero attached hydrogens (tertiary/aromatic N) is 3. The highest BCUT2D eigenvalue weighted by Crippen LogP contribution is 2.23. The minimum atomic E-state index is -1.13. The van der Waals surface area contributed by atoms with Gasteiger partial charge in [0.1, 0.15) is 5.82 Å². The second kappa shape index (κ2) is 4.86. The number of amides is 1. The second-order valence-corrected chi connectivity index (χ2v) is 5.29. The summed E-state index contributed by atoms with van der Waals surface area (Å²) < 4.78 is 0. The molecule has 2 unspecified atom stereocenters. The largest absolute Gasteiger partial charge is 0.388 e. The molecule has 0 saturated carbocycles. The fourth-order valence-electron chi connectivity index (χ4n) is 2.17. The smallest absolute Gasteiger partial charge is 0.257 e. The second-order valence-electron chi connectivity index (χ2n) is 5.29. The molecule has 0 spiro atoms. The number of hydrogen-bond acceptors (Lipinski definition) is 5. The number of aryl methyl sites for hydroxylation is 2. The lowest BCUT2D eigenvalue weighted by Crippen LogP contribution is -2.55. The molecule has 6 heteroatoms. The highest BCUT2D eigenvalue weighted by Gasteiger charge is 2.38. The Morgan fingerprint density at radius 2 is 2.21 bits per heavy atom. The van der Waals surface area contributed by atoms with Gasteiger partial charge in [-0.25, -0.2) is 9.97 Å². The van der Waals surface area contributed by atoms with Crippen molar-refractivity contribution in [1.29, 1.82) is 0 Å². The van der Waals surface area contributed by atoms with Gasteiger partial charge < -0.3 is 15.1 Å². The van der Waals surface area contributed by atoms with Crippen LogP contribution >= 0.6 is 0 Å². The molecule has 2 N–H and O–H groups in total. The van der Waals surface area contributed by atoms with Gasteiger partial charge in [-0.2, -0.15) is 0 Å². The van der Waals surface area contributed by atoms with Gasteiger partial charge >= 0.3 is 0 Å². The normalized spacial score (nSPS) is 27.4. The number of carbonyl (C=O) groups excluding carboxylic acids is 1. The molecule has 1 aliphatic rings. The van der Waals surface area contributed by atoms with E-state index >= 15 is 0 Å². The summed E-state index contributed by atoms with van der Waals surface area (Å²) in [5, 5.41) is 19.7. The molecule has 0 radical (unpaired) electrons. The zero-order valence-corrected chi connectivity index (χ0v) is 11.4.